The number of benzene rings is 2. The highest BCUT2D eigenvalue weighted by molar-refractivity contribution is 9.10. The zero-order valence-corrected chi connectivity index (χ0v) is 12.5. The molecule has 0 amide bonds. The van der Waals surface area contributed by atoms with Gasteiger partial charge in [0.2, 0.25) is 0 Å². The molecule has 92 valence electrons. The number of hydrogen-bond acceptors (Lipinski definition) is 1. The summed E-state index contributed by atoms with van der Waals surface area (Å²) in [5.41, 5.74) is 3.35. The topological polar surface area (TPSA) is 17.1 Å². The van der Waals surface area contributed by atoms with E-state index in [4.69, 9.17) is 11.6 Å². The van der Waals surface area contributed by atoms with Gasteiger partial charge in [0, 0.05) is 20.6 Å². The van der Waals surface area contributed by atoms with Crippen molar-refractivity contribution < 1.29 is 4.79 Å². The largest absolute Gasteiger partial charge is 0.289 e. The van der Waals surface area contributed by atoms with Crippen molar-refractivity contribution in [1.29, 1.82) is 0 Å². The minimum atomic E-state index is -0.0161. The molecule has 0 spiro atoms. The Kier molecular flexibility index (Phi) is 3.88. The van der Waals surface area contributed by atoms with Crippen LogP contribution in [0.15, 0.2) is 40.9 Å². The molecular weight excluding hydrogens is 312 g/mol. The lowest BCUT2D eigenvalue weighted by molar-refractivity contribution is 0.103. The fourth-order valence-corrected chi connectivity index (χ4v) is 2.19. The van der Waals surface area contributed by atoms with E-state index in [1.54, 1.807) is 12.1 Å². The summed E-state index contributed by atoms with van der Waals surface area (Å²) in [4.78, 5) is 12.3. The Balaban J connectivity index is 2.41. The van der Waals surface area contributed by atoms with Gasteiger partial charge in [-0.05, 0) is 37.1 Å². The van der Waals surface area contributed by atoms with Crippen LogP contribution in [0.5, 0.6) is 0 Å². The number of rotatable bonds is 2. The van der Waals surface area contributed by atoms with Crippen LogP contribution in [0.1, 0.15) is 27.0 Å². The third kappa shape index (κ3) is 2.65. The first-order valence-electron chi connectivity index (χ1n) is 5.56. The van der Waals surface area contributed by atoms with Crippen molar-refractivity contribution in [3.63, 3.8) is 0 Å². The van der Waals surface area contributed by atoms with Crippen LogP contribution in [0.25, 0.3) is 0 Å². The molecule has 0 aliphatic carbocycles. The van der Waals surface area contributed by atoms with Gasteiger partial charge in [0.05, 0.1) is 0 Å². The molecule has 0 atom stereocenters. The van der Waals surface area contributed by atoms with Crippen molar-refractivity contribution in [2.75, 3.05) is 0 Å². The first kappa shape index (κ1) is 13.3. The lowest BCUT2D eigenvalue weighted by atomic mass is 10.0. The van der Waals surface area contributed by atoms with E-state index >= 15 is 0 Å². The fraction of sp³-hybridized carbons (Fsp3) is 0.133. The highest BCUT2D eigenvalue weighted by Crippen LogP contribution is 2.22. The molecule has 2 rings (SSSR count). The molecule has 2 aromatic rings. The smallest absolute Gasteiger partial charge is 0.193 e. The number of halogens is 2. The number of carbonyl (C=O) groups is 1. The van der Waals surface area contributed by atoms with E-state index in [-0.39, 0.29) is 5.78 Å². The standard InChI is InChI=1S/C15H12BrClO/c1-9-3-5-11(7-13(9)16)15(18)12-6-4-10(2)14(17)8-12/h3-8H,1-2H3. The molecule has 0 heterocycles. The van der Waals surface area contributed by atoms with Gasteiger partial charge in [0.1, 0.15) is 0 Å². The Bertz CT molecular complexity index is 566. The Morgan fingerprint density at radius 3 is 2.11 bits per heavy atom. The molecule has 18 heavy (non-hydrogen) atoms. The van der Waals surface area contributed by atoms with Gasteiger partial charge >= 0.3 is 0 Å². The van der Waals surface area contributed by atoms with Gasteiger partial charge in [-0.15, -0.1) is 0 Å². The van der Waals surface area contributed by atoms with Gasteiger partial charge in [-0.3, -0.25) is 4.79 Å². The van der Waals surface area contributed by atoms with Crippen molar-refractivity contribution in [3.05, 3.63) is 68.1 Å². The summed E-state index contributed by atoms with van der Waals surface area (Å²) in [7, 11) is 0. The zero-order chi connectivity index (χ0) is 13.3. The molecule has 0 unspecified atom stereocenters. The van der Waals surface area contributed by atoms with E-state index < -0.39 is 0 Å². The fourth-order valence-electron chi connectivity index (χ4n) is 1.63. The maximum Gasteiger partial charge on any atom is 0.193 e. The third-order valence-corrected chi connectivity index (χ3v) is 4.13. The van der Waals surface area contributed by atoms with Crippen LogP contribution in [0.4, 0.5) is 0 Å². The molecule has 0 aliphatic rings. The average Bonchev–Trinajstić information content (AvgIpc) is 2.35. The van der Waals surface area contributed by atoms with E-state index in [9.17, 15) is 4.79 Å². The Labute approximate surface area is 120 Å². The minimum Gasteiger partial charge on any atom is -0.289 e. The van der Waals surface area contributed by atoms with Gasteiger partial charge in [-0.1, -0.05) is 51.8 Å². The van der Waals surface area contributed by atoms with E-state index in [1.807, 2.05) is 38.1 Å². The maximum atomic E-state index is 12.3. The van der Waals surface area contributed by atoms with Crippen molar-refractivity contribution >= 4 is 33.3 Å². The van der Waals surface area contributed by atoms with Crippen molar-refractivity contribution in [1.82, 2.24) is 0 Å². The maximum absolute atomic E-state index is 12.3. The van der Waals surface area contributed by atoms with E-state index in [2.05, 4.69) is 15.9 Å². The van der Waals surface area contributed by atoms with Crippen molar-refractivity contribution in [3.8, 4) is 0 Å². The van der Waals surface area contributed by atoms with Gasteiger partial charge < -0.3 is 0 Å². The Morgan fingerprint density at radius 2 is 1.56 bits per heavy atom. The van der Waals surface area contributed by atoms with Crippen molar-refractivity contribution in [2.24, 2.45) is 0 Å². The van der Waals surface area contributed by atoms with Crippen LogP contribution in [0, 0.1) is 13.8 Å². The molecule has 0 radical (unpaired) electrons. The van der Waals surface area contributed by atoms with Crippen LogP contribution in [-0.2, 0) is 0 Å². The predicted molar refractivity (Wildman–Crippen MR) is 78.5 cm³/mol. The second-order valence-electron chi connectivity index (χ2n) is 4.26. The third-order valence-electron chi connectivity index (χ3n) is 2.87. The highest BCUT2D eigenvalue weighted by atomic mass is 79.9. The van der Waals surface area contributed by atoms with Crippen LogP contribution in [-0.4, -0.2) is 5.78 Å². The second-order valence-corrected chi connectivity index (χ2v) is 5.52. The van der Waals surface area contributed by atoms with Gasteiger partial charge in [-0.25, -0.2) is 0 Å². The first-order chi connectivity index (χ1) is 8.49. The first-order valence-corrected chi connectivity index (χ1v) is 6.73. The number of ketones is 1. The van der Waals surface area contributed by atoms with Crippen LogP contribution in [0.3, 0.4) is 0 Å². The summed E-state index contributed by atoms with van der Waals surface area (Å²) in [5, 5.41) is 0.618. The normalized spacial score (nSPS) is 10.4. The highest BCUT2D eigenvalue weighted by Gasteiger charge is 2.11. The quantitative estimate of drug-likeness (QED) is 0.715. The Hall–Kier alpha value is -1.12. The summed E-state index contributed by atoms with van der Waals surface area (Å²) >= 11 is 9.48. The molecule has 0 saturated heterocycles. The lowest BCUT2D eigenvalue weighted by Crippen LogP contribution is -2.01. The van der Waals surface area contributed by atoms with Crippen LogP contribution >= 0.6 is 27.5 Å². The zero-order valence-electron chi connectivity index (χ0n) is 10.1. The summed E-state index contributed by atoms with van der Waals surface area (Å²) in [6.07, 6.45) is 0. The molecule has 0 N–H and O–H groups in total. The van der Waals surface area contributed by atoms with E-state index in [0.717, 1.165) is 15.6 Å². The van der Waals surface area contributed by atoms with E-state index in [1.165, 1.54) is 0 Å². The second kappa shape index (κ2) is 5.25. The van der Waals surface area contributed by atoms with Crippen LogP contribution < -0.4 is 0 Å². The number of carbonyl (C=O) groups excluding carboxylic acids is 1. The van der Waals surface area contributed by atoms with Crippen LogP contribution in [0.2, 0.25) is 5.02 Å². The molecule has 2 aromatic carbocycles. The molecule has 1 nitrogen and oxygen atoms in total. The van der Waals surface area contributed by atoms with E-state index in [0.29, 0.717) is 16.1 Å². The molecule has 3 heteroatoms. The molecule has 0 fully saturated rings. The summed E-state index contributed by atoms with van der Waals surface area (Å²) in [6, 6.07) is 11.0. The minimum absolute atomic E-state index is 0.0161. The molecule has 0 bridgehead atoms. The average molecular weight is 324 g/mol. The molecule has 0 saturated carbocycles. The molecular formula is C15H12BrClO. The summed E-state index contributed by atoms with van der Waals surface area (Å²) in [6.45, 7) is 3.90. The van der Waals surface area contributed by atoms with Gasteiger partial charge in [-0.2, -0.15) is 0 Å². The number of hydrogen-bond donors (Lipinski definition) is 0. The molecule has 0 aromatic heterocycles. The number of aryl methyl sites for hydroxylation is 2. The van der Waals surface area contributed by atoms with Gasteiger partial charge in [0.25, 0.3) is 0 Å². The molecule has 0 aliphatic heterocycles. The summed E-state index contributed by atoms with van der Waals surface area (Å²) < 4.78 is 0.937. The van der Waals surface area contributed by atoms with Crippen molar-refractivity contribution in [2.45, 2.75) is 13.8 Å². The lowest BCUT2D eigenvalue weighted by Gasteiger charge is -2.05. The predicted octanol–water partition coefficient (Wildman–Crippen LogP) is 4.95. The SMILES string of the molecule is Cc1ccc(C(=O)c2ccc(C)c(Br)c2)cc1Cl. The monoisotopic (exact) mass is 322 g/mol. The van der Waals surface area contributed by atoms with Gasteiger partial charge in [0.15, 0.2) is 5.78 Å². The Morgan fingerprint density at radius 1 is 1.00 bits per heavy atom. The summed E-state index contributed by atoms with van der Waals surface area (Å²) in [5.74, 6) is -0.0161.